The third-order valence-corrected chi connectivity index (χ3v) is 3.74. The van der Waals surface area contributed by atoms with Crippen LogP contribution in [0, 0.1) is 0 Å². The second-order valence-corrected chi connectivity index (χ2v) is 5.31. The van der Waals surface area contributed by atoms with Crippen LogP contribution >= 0.6 is 23.2 Å². The van der Waals surface area contributed by atoms with E-state index in [1.54, 1.807) is 19.1 Å². The molecule has 0 amide bonds. The molecule has 1 heterocycles. The van der Waals surface area contributed by atoms with Crippen molar-refractivity contribution >= 4 is 40.2 Å². The Kier molecular flexibility index (Phi) is 4.89. The van der Waals surface area contributed by atoms with Crippen molar-refractivity contribution in [3.05, 3.63) is 28.0 Å². The maximum atomic E-state index is 12.0. The van der Waals surface area contributed by atoms with Crippen molar-refractivity contribution in [2.75, 3.05) is 6.61 Å². The summed E-state index contributed by atoms with van der Waals surface area (Å²) in [5, 5.41) is 0.901. The number of hydrogen-bond acceptors (Lipinski definition) is 3. The fourth-order valence-electron chi connectivity index (χ4n) is 2.09. The van der Waals surface area contributed by atoms with E-state index in [4.69, 9.17) is 27.9 Å². The molecule has 0 fully saturated rings. The molecular weight excluding hydrogens is 299 g/mol. The standard InChI is InChI=1S/C14H16Cl2N2O2/c1-3-5-8(14(19)20-4-2)13-17-11-6-9(15)10(16)7-12(11)18-13/h6-8H,3-5H2,1-2H3,(H,17,18). The van der Waals surface area contributed by atoms with Gasteiger partial charge in [0.15, 0.2) is 0 Å². The summed E-state index contributed by atoms with van der Waals surface area (Å²) in [4.78, 5) is 19.6. The molecule has 6 heteroatoms. The largest absolute Gasteiger partial charge is 0.465 e. The number of carbonyl (C=O) groups excluding carboxylic acids is 1. The van der Waals surface area contributed by atoms with E-state index in [9.17, 15) is 4.79 Å². The average molecular weight is 315 g/mol. The van der Waals surface area contributed by atoms with E-state index in [1.165, 1.54) is 0 Å². The summed E-state index contributed by atoms with van der Waals surface area (Å²) < 4.78 is 5.10. The van der Waals surface area contributed by atoms with Gasteiger partial charge in [-0.3, -0.25) is 4.79 Å². The molecule has 4 nitrogen and oxygen atoms in total. The van der Waals surface area contributed by atoms with Crippen LogP contribution in [0.1, 0.15) is 38.4 Å². The maximum Gasteiger partial charge on any atom is 0.316 e. The summed E-state index contributed by atoms with van der Waals surface area (Å²) >= 11 is 12.0. The number of benzene rings is 1. The van der Waals surface area contributed by atoms with Crippen molar-refractivity contribution < 1.29 is 9.53 Å². The average Bonchev–Trinajstić information content (AvgIpc) is 2.79. The van der Waals surface area contributed by atoms with Crippen molar-refractivity contribution in [3.8, 4) is 0 Å². The highest BCUT2D eigenvalue weighted by molar-refractivity contribution is 6.42. The van der Waals surface area contributed by atoms with Crippen LogP contribution in [0.15, 0.2) is 12.1 Å². The van der Waals surface area contributed by atoms with Gasteiger partial charge in [0.05, 0.1) is 27.7 Å². The van der Waals surface area contributed by atoms with Gasteiger partial charge in [-0.05, 0) is 25.5 Å². The Bertz CT molecular complexity index is 586. The molecule has 0 aliphatic rings. The van der Waals surface area contributed by atoms with Gasteiger partial charge in [-0.15, -0.1) is 0 Å². The number of aromatic nitrogens is 2. The van der Waals surface area contributed by atoms with Crippen molar-refractivity contribution in [2.45, 2.75) is 32.6 Å². The van der Waals surface area contributed by atoms with Crippen LogP contribution in [-0.4, -0.2) is 22.5 Å². The van der Waals surface area contributed by atoms with Gasteiger partial charge in [-0.25, -0.2) is 4.98 Å². The van der Waals surface area contributed by atoms with Crippen molar-refractivity contribution in [3.63, 3.8) is 0 Å². The first-order chi connectivity index (χ1) is 9.56. The molecule has 0 bridgehead atoms. The van der Waals surface area contributed by atoms with Crippen LogP contribution in [-0.2, 0) is 9.53 Å². The van der Waals surface area contributed by atoms with Crippen LogP contribution in [0.3, 0.4) is 0 Å². The molecule has 1 aromatic heterocycles. The molecule has 1 aromatic carbocycles. The molecule has 108 valence electrons. The fraction of sp³-hybridized carbons (Fsp3) is 0.429. The van der Waals surface area contributed by atoms with E-state index in [-0.39, 0.29) is 11.9 Å². The Hall–Kier alpha value is -1.26. The van der Waals surface area contributed by atoms with Crippen LogP contribution in [0.2, 0.25) is 10.0 Å². The Morgan fingerprint density at radius 1 is 1.35 bits per heavy atom. The van der Waals surface area contributed by atoms with E-state index < -0.39 is 0 Å². The second-order valence-electron chi connectivity index (χ2n) is 4.50. The number of carbonyl (C=O) groups is 1. The van der Waals surface area contributed by atoms with E-state index >= 15 is 0 Å². The van der Waals surface area contributed by atoms with Crippen LogP contribution in [0.25, 0.3) is 11.0 Å². The molecule has 1 atom stereocenters. The molecule has 0 saturated carbocycles. The van der Waals surface area contributed by atoms with Crippen LogP contribution < -0.4 is 0 Å². The fourth-order valence-corrected chi connectivity index (χ4v) is 2.41. The number of esters is 1. The molecule has 0 aliphatic carbocycles. The molecule has 2 aromatic rings. The summed E-state index contributed by atoms with van der Waals surface area (Å²) in [5.74, 6) is -0.0471. The number of hydrogen-bond donors (Lipinski definition) is 1. The highest BCUT2D eigenvalue weighted by Crippen LogP contribution is 2.29. The molecule has 20 heavy (non-hydrogen) atoms. The number of ether oxygens (including phenoxy) is 1. The van der Waals surface area contributed by atoms with Gasteiger partial charge in [-0.2, -0.15) is 0 Å². The Morgan fingerprint density at radius 3 is 2.70 bits per heavy atom. The topological polar surface area (TPSA) is 55.0 Å². The van der Waals surface area contributed by atoms with Crippen LogP contribution in [0.5, 0.6) is 0 Å². The van der Waals surface area contributed by atoms with Crippen molar-refractivity contribution in [2.24, 2.45) is 0 Å². The predicted molar refractivity (Wildman–Crippen MR) is 80.4 cm³/mol. The molecule has 2 rings (SSSR count). The van der Waals surface area contributed by atoms with Gasteiger partial charge in [0.2, 0.25) is 0 Å². The number of nitrogens with zero attached hydrogens (tertiary/aromatic N) is 1. The SMILES string of the molecule is CCCC(C(=O)OCC)c1nc2cc(Cl)c(Cl)cc2[nH]1. The van der Waals surface area contributed by atoms with Crippen LogP contribution in [0.4, 0.5) is 0 Å². The number of H-pyrrole nitrogens is 1. The lowest BCUT2D eigenvalue weighted by Crippen LogP contribution is -2.17. The first-order valence-electron chi connectivity index (χ1n) is 6.58. The minimum absolute atomic E-state index is 0.259. The molecule has 0 aliphatic heterocycles. The Morgan fingerprint density at radius 2 is 2.05 bits per heavy atom. The van der Waals surface area contributed by atoms with Crippen molar-refractivity contribution in [1.29, 1.82) is 0 Å². The number of aromatic amines is 1. The number of nitrogens with one attached hydrogen (secondary N) is 1. The summed E-state index contributed by atoms with van der Waals surface area (Å²) in [6, 6.07) is 3.40. The first-order valence-corrected chi connectivity index (χ1v) is 7.33. The lowest BCUT2D eigenvalue weighted by atomic mass is 10.0. The number of fused-ring (bicyclic) bond motifs is 1. The normalized spacial score (nSPS) is 12.6. The van der Waals surface area contributed by atoms with Gasteiger partial charge in [0.1, 0.15) is 11.7 Å². The maximum absolute atomic E-state index is 12.0. The van der Waals surface area contributed by atoms with Crippen molar-refractivity contribution in [1.82, 2.24) is 9.97 Å². The van der Waals surface area contributed by atoms with Gasteiger partial charge in [0, 0.05) is 0 Å². The molecule has 1 unspecified atom stereocenters. The van der Waals surface area contributed by atoms with Gasteiger partial charge in [-0.1, -0.05) is 36.5 Å². The zero-order valence-electron chi connectivity index (χ0n) is 11.4. The third-order valence-electron chi connectivity index (χ3n) is 3.02. The van der Waals surface area contributed by atoms with E-state index in [0.29, 0.717) is 34.4 Å². The third kappa shape index (κ3) is 3.07. The minimum atomic E-state index is -0.384. The smallest absolute Gasteiger partial charge is 0.316 e. The molecule has 0 spiro atoms. The molecule has 0 radical (unpaired) electrons. The minimum Gasteiger partial charge on any atom is -0.465 e. The second kappa shape index (κ2) is 6.46. The lowest BCUT2D eigenvalue weighted by Gasteiger charge is -2.11. The summed E-state index contributed by atoms with van der Waals surface area (Å²) in [6.07, 6.45) is 1.54. The number of imidazole rings is 1. The highest BCUT2D eigenvalue weighted by atomic mass is 35.5. The zero-order valence-corrected chi connectivity index (χ0v) is 12.9. The quantitative estimate of drug-likeness (QED) is 0.836. The molecule has 0 saturated heterocycles. The highest BCUT2D eigenvalue weighted by Gasteiger charge is 2.24. The summed E-state index contributed by atoms with van der Waals surface area (Å²) in [6.45, 7) is 4.17. The predicted octanol–water partition coefficient (Wildman–Crippen LogP) is 4.32. The lowest BCUT2D eigenvalue weighted by molar-refractivity contribution is -0.145. The summed E-state index contributed by atoms with van der Waals surface area (Å²) in [7, 11) is 0. The van der Waals surface area contributed by atoms with E-state index in [0.717, 1.165) is 11.9 Å². The Labute approximate surface area is 127 Å². The zero-order chi connectivity index (χ0) is 14.7. The van der Waals surface area contributed by atoms with E-state index in [2.05, 4.69) is 9.97 Å². The first kappa shape index (κ1) is 15.1. The molecule has 1 N–H and O–H groups in total. The number of rotatable bonds is 5. The molecular formula is C14H16Cl2N2O2. The number of halogens is 2. The van der Waals surface area contributed by atoms with E-state index in [1.807, 2.05) is 6.92 Å². The monoisotopic (exact) mass is 314 g/mol. The van der Waals surface area contributed by atoms with Gasteiger partial charge >= 0.3 is 5.97 Å². The summed E-state index contributed by atoms with van der Waals surface area (Å²) in [5.41, 5.74) is 1.46. The van der Waals surface area contributed by atoms with Gasteiger partial charge < -0.3 is 9.72 Å². The Balaban J connectivity index is 2.40. The van der Waals surface area contributed by atoms with Gasteiger partial charge in [0.25, 0.3) is 0 Å².